The zero-order valence-corrected chi connectivity index (χ0v) is 22.9. The number of aliphatic hydroxyl groups is 2. The molecule has 0 fully saturated rings. The minimum Gasteiger partial charge on any atom is -0.550 e. The van der Waals surface area contributed by atoms with Gasteiger partial charge in [0, 0.05) is 49.6 Å². The number of hydrogen-bond acceptors (Lipinski definition) is 16. The van der Waals surface area contributed by atoms with E-state index in [-0.39, 0.29) is 113 Å². The smallest absolute Gasteiger partial charge is 0.550 e. The Morgan fingerprint density at radius 3 is 0.812 bits per heavy atom. The maximum Gasteiger partial charge on any atom is 2.00 e. The maximum atomic E-state index is 10.1. The fourth-order valence-corrected chi connectivity index (χ4v) is 1.37. The van der Waals surface area contributed by atoms with Crippen LogP contribution >= 0.6 is 0 Å². The van der Waals surface area contributed by atoms with Crippen LogP contribution in [0.5, 0.6) is 0 Å². The summed E-state index contributed by atoms with van der Waals surface area (Å²) < 4.78 is 0. The molecule has 0 radical (unpaired) electrons. The first-order chi connectivity index (χ1) is 13.0. The van der Waals surface area contributed by atoms with Crippen LogP contribution in [0.25, 0.3) is 0 Å². The average molecular weight is 540 g/mol. The molecule has 0 heterocycles. The second-order valence-electron chi connectivity index (χ2n) is 4.96. The zero-order valence-electron chi connectivity index (χ0n) is 16.3. The number of rotatable bonds is 10. The van der Waals surface area contributed by atoms with E-state index in [4.69, 9.17) is 15.5 Å². The molecule has 0 rings (SSSR count). The van der Waals surface area contributed by atoms with Crippen molar-refractivity contribution >= 4 is 149 Å². The third kappa shape index (κ3) is 24.5. The summed E-state index contributed by atoms with van der Waals surface area (Å²) in [4.78, 5) is 60.0. The molecule has 0 unspecified atom stereocenters. The Balaban J connectivity index is -0.0000000866. The Kier molecular flexibility index (Phi) is 32.0. The van der Waals surface area contributed by atoms with Crippen LogP contribution < -0.4 is 36.4 Å². The van der Waals surface area contributed by atoms with Crippen LogP contribution in [0, 0.1) is 11.5 Å². The van der Waals surface area contributed by atoms with E-state index in [9.17, 15) is 59.4 Å². The van der Waals surface area contributed by atoms with Gasteiger partial charge in [0.25, 0.3) is 0 Å². The van der Waals surface area contributed by atoms with Gasteiger partial charge in [-0.2, -0.15) is 5.26 Å². The molecule has 0 aromatic heterocycles. The molecule has 19 heteroatoms. The third-order valence-electron chi connectivity index (χ3n) is 2.51. The number of aliphatic carboxylic acids is 6. The Morgan fingerprint density at radius 2 is 0.750 bits per heavy atom. The summed E-state index contributed by atoms with van der Waals surface area (Å²) in [6.07, 6.45) is -4.18. The molecule has 16 nitrogen and oxygen atoms in total. The summed E-state index contributed by atoms with van der Waals surface area (Å²) in [5.74, 6) is -12.0. The van der Waals surface area contributed by atoms with Crippen molar-refractivity contribution in [1.29, 1.82) is 5.26 Å². The summed E-state index contributed by atoms with van der Waals surface area (Å²) in [6.45, 7) is 0. The minimum atomic E-state index is -2.97. The van der Waals surface area contributed by atoms with Crippen molar-refractivity contribution in [2.45, 2.75) is 36.9 Å². The molecule has 4 N–H and O–H groups in total. The van der Waals surface area contributed by atoms with E-state index < -0.39 is 72.7 Å². The van der Waals surface area contributed by atoms with Crippen LogP contribution in [-0.2, 0) is 28.8 Å². The fraction of sp³-hybridized carbons (Fsp3) is 0.462. The van der Waals surface area contributed by atoms with E-state index in [0.29, 0.717) is 0 Å². The van der Waals surface area contributed by atoms with Gasteiger partial charge in [-0.3, -0.25) is 0 Å². The van der Waals surface area contributed by atoms with E-state index in [2.05, 4.69) is 5.73 Å². The number of nitriles is 1. The van der Waals surface area contributed by atoms with Crippen molar-refractivity contribution in [3.05, 3.63) is 0 Å². The van der Waals surface area contributed by atoms with E-state index in [1.807, 2.05) is 0 Å². The molecular weight excluding hydrogens is 528 g/mol. The normalized spacial score (nSPS) is 9.03. The van der Waals surface area contributed by atoms with Gasteiger partial charge in [-0.15, -0.1) is 0 Å². The molecule has 0 aromatic rings. The summed E-state index contributed by atoms with van der Waals surface area (Å²) in [6, 6.07) is 0. The van der Waals surface area contributed by atoms with Crippen molar-refractivity contribution in [2.24, 2.45) is 5.73 Å². The number of carboxylic acids is 6. The number of nitrogens with zero attached hydrogens (tertiary/aromatic N) is 1. The maximum absolute atomic E-state index is 10.1. The Hall–Kier alpha value is -0.191. The quantitative estimate of drug-likeness (QED) is 0.131. The molecule has 32 heavy (non-hydrogen) atoms. The van der Waals surface area contributed by atoms with Crippen LogP contribution in [0.4, 0.5) is 0 Å². The molecule has 0 amide bonds. The first-order valence-electron chi connectivity index (χ1n) is 6.74. The third-order valence-corrected chi connectivity index (χ3v) is 2.51. The van der Waals surface area contributed by atoms with Crippen LogP contribution in [-0.4, -0.2) is 170 Å². The van der Waals surface area contributed by atoms with Gasteiger partial charge in [0.15, 0.2) is 6.19 Å². The van der Waals surface area contributed by atoms with E-state index in [1.165, 1.54) is 6.19 Å². The molecule has 0 spiro atoms. The number of carboxylic acid groups (broad SMARTS) is 6. The monoisotopic (exact) mass is 540 g/mol. The second-order valence-corrected chi connectivity index (χ2v) is 4.96. The molecule has 0 aliphatic heterocycles. The topological polar surface area (TPSA) is 331 Å². The van der Waals surface area contributed by atoms with Crippen molar-refractivity contribution in [3.63, 3.8) is 0 Å². The standard InChI is InChI=1S/2C6H8O7.CH2N2.3Ca/c2*7-3(8)1-6(13,5(11)12)2-4(9)10;2-1-3;;;/h2*13H,1-2H2,(H,7,8)(H,9,10)(H,11,12);2H2;;;/q;;;3*+2/p-6. The Morgan fingerprint density at radius 1 is 0.625 bits per heavy atom. The van der Waals surface area contributed by atoms with Crippen molar-refractivity contribution in [3.8, 4) is 6.19 Å². The van der Waals surface area contributed by atoms with Crippen LogP contribution in [0.2, 0.25) is 0 Å². The predicted octanol–water partition coefficient (Wildman–Crippen LogP) is -12.2. The van der Waals surface area contributed by atoms with Crippen LogP contribution in [0.1, 0.15) is 25.7 Å². The van der Waals surface area contributed by atoms with E-state index >= 15 is 0 Å². The van der Waals surface area contributed by atoms with Gasteiger partial charge in [0.1, 0.15) is 11.2 Å². The van der Waals surface area contributed by atoms with Crippen molar-refractivity contribution < 1.29 is 69.6 Å². The summed E-state index contributed by atoms with van der Waals surface area (Å²) >= 11 is 0. The van der Waals surface area contributed by atoms with Gasteiger partial charge in [0.05, 0.1) is 11.9 Å². The van der Waals surface area contributed by atoms with E-state index in [0.717, 1.165) is 0 Å². The summed E-state index contributed by atoms with van der Waals surface area (Å²) in [5, 5.41) is 84.9. The zero-order chi connectivity index (χ0) is 24.0. The number of hydrogen-bond donors (Lipinski definition) is 3. The van der Waals surface area contributed by atoms with Crippen molar-refractivity contribution in [2.75, 3.05) is 0 Å². The van der Waals surface area contributed by atoms with Gasteiger partial charge in [-0.25, -0.2) is 0 Å². The minimum absolute atomic E-state index is 0. The second kappa shape index (κ2) is 22.6. The molecule has 0 atom stereocenters. The van der Waals surface area contributed by atoms with Crippen LogP contribution in [0.15, 0.2) is 0 Å². The number of carbonyl (C=O) groups is 6. The molecule has 0 aromatic carbocycles. The summed E-state index contributed by atoms with van der Waals surface area (Å²) in [5.41, 5.74) is -1.80. The molecule has 0 bridgehead atoms. The fourth-order valence-electron chi connectivity index (χ4n) is 1.37. The number of nitrogens with two attached hydrogens (primary N) is 1. The molecule has 0 saturated heterocycles. The largest absolute Gasteiger partial charge is 2.00 e. The van der Waals surface area contributed by atoms with Gasteiger partial charge in [-0.1, -0.05) is 0 Å². The number of carbonyl (C=O) groups excluding carboxylic acids is 6. The predicted molar refractivity (Wildman–Crippen MR) is 85.5 cm³/mol. The first kappa shape index (κ1) is 45.3. The average Bonchev–Trinajstić information content (AvgIpc) is 2.44. The van der Waals surface area contributed by atoms with Gasteiger partial charge in [0.2, 0.25) is 0 Å². The van der Waals surface area contributed by atoms with E-state index in [1.54, 1.807) is 0 Å². The van der Waals surface area contributed by atoms with Gasteiger partial charge in [-0.05, 0) is 0 Å². The molecule has 0 aliphatic carbocycles. The van der Waals surface area contributed by atoms with Gasteiger partial charge < -0.3 is 75.4 Å². The molecule has 0 aliphatic rings. The SMILES string of the molecule is N#CN.O=C([O-])CC(O)(CC(=O)[O-])C(=O)[O-].O=C([O-])CC(O)(CC(=O)[O-])C(=O)[O-].[Ca+2].[Ca+2].[Ca+2]. The Labute approximate surface area is 269 Å². The summed E-state index contributed by atoms with van der Waals surface area (Å²) in [7, 11) is 0. The Bertz CT molecular complexity index is 610. The molecule has 0 saturated carbocycles. The molecule has 164 valence electrons. The first-order valence-corrected chi connectivity index (χ1v) is 6.74. The van der Waals surface area contributed by atoms with Gasteiger partial charge >= 0.3 is 113 Å². The molecular formula is C13H12Ca3N2O14. The van der Waals surface area contributed by atoms with Crippen LogP contribution in [0.3, 0.4) is 0 Å². The van der Waals surface area contributed by atoms with Crippen molar-refractivity contribution in [1.82, 2.24) is 0 Å².